The lowest BCUT2D eigenvalue weighted by molar-refractivity contribution is -0.384. The Kier molecular flexibility index (Phi) is 7.14. The lowest BCUT2D eigenvalue weighted by atomic mass is 10.2. The van der Waals surface area contributed by atoms with Gasteiger partial charge in [-0.1, -0.05) is 20.8 Å². The summed E-state index contributed by atoms with van der Waals surface area (Å²) in [4.78, 5) is 10.8. The molecule has 7 nitrogen and oxygen atoms in total. The number of aryl methyl sites for hydroxylation is 2. The second-order valence-corrected chi connectivity index (χ2v) is 5.51. The second-order valence-electron chi connectivity index (χ2n) is 5.51. The van der Waals surface area contributed by atoms with E-state index < -0.39 is 0 Å². The van der Waals surface area contributed by atoms with Gasteiger partial charge in [0, 0.05) is 26.3 Å². The van der Waals surface area contributed by atoms with E-state index >= 15 is 0 Å². The van der Waals surface area contributed by atoms with Crippen LogP contribution in [0.4, 0.5) is 11.5 Å². The number of aromatic nitrogens is 2. The molecule has 1 heterocycles. The number of nitrogens with one attached hydrogen (secondary N) is 1. The van der Waals surface area contributed by atoms with E-state index in [0.717, 1.165) is 19.4 Å². The molecule has 0 aliphatic rings. The van der Waals surface area contributed by atoms with E-state index in [1.807, 2.05) is 6.92 Å². The third-order valence-electron chi connectivity index (χ3n) is 2.92. The molecule has 120 valence electrons. The van der Waals surface area contributed by atoms with Crippen LogP contribution in [-0.4, -0.2) is 34.5 Å². The zero-order chi connectivity index (χ0) is 15.8. The van der Waals surface area contributed by atoms with Crippen LogP contribution >= 0.6 is 0 Å². The summed E-state index contributed by atoms with van der Waals surface area (Å²) in [5.41, 5.74) is 0.526. The SMILES string of the molecule is CCCn1nc(C)c([N+](=O)[O-])c1NCCCOCC(C)C. The maximum Gasteiger partial charge on any atom is 0.333 e. The van der Waals surface area contributed by atoms with Crippen molar-refractivity contribution in [1.82, 2.24) is 9.78 Å². The number of ether oxygens (including phenoxy) is 1. The first-order valence-electron chi connectivity index (χ1n) is 7.50. The summed E-state index contributed by atoms with van der Waals surface area (Å²) in [6.45, 7) is 10.6. The zero-order valence-corrected chi connectivity index (χ0v) is 13.4. The third kappa shape index (κ3) is 5.34. The van der Waals surface area contributed by atoms with Crippen molar-refractivity contribution in [3.8, 4) is 0 Å². The summed E-state index contributed by atoms with van der Waals surface area (Å²) < 4.78 is 7.18. The molecule has 1 rings (SSSR count). The molecule has 7 heteroatoms. The van der Waals surface area contributed by atoms with Gasteiger partial charge in [0.15, 0.2) is 0 Å². The van der Waals surface area contributed by atoms with E-state index in [4.69, 9.17) is 4.74 Å². The van der Waals surface area contributed by atoms with Crippen LogP contribution < -0.4 is 5.32 Å². The van der Waals surface area contributed by atoms with E-state index in [9.17, 15) is 10.1 Å². The van der Waals surface area contributed by atoms with E-state index in [0.29, 0.717) is 37.1 Å². The van der Waals surface area contributed by atoms with Gasteiger partial charge in [-0.2, -0.15) is 5.10 Å². The van der Waals surface area contributed by atoms with Crippen molar-refractivity contribution in [1.29, 1.82) is 0 Å². The van der Waals surface area contributed by atoms with Gasteiger partial charge in [-0.15, -0.1) is 0 Å². The number of hydrogen-bond acceptors (Lipinski definition) is 5. The van der Waals surface area contributed by atoms with Crippen LogP contribution in [0.2, 0.25) is 0 Å². The van der Waals surface area contributed by atoms with E-state index in [-0.39, 0.29) is 10.6 Å². The Morgan fingerprint density at radius 2 is 2.19 bits per heavy atom. The van der Waals surface area contributed by atoms with Gasteiger partial charge in [0.1, 0.15) is 5.69 Å². The standard InChI is InChI=1S/C14H26N4O3/c1-5-8-17-14(13(18(19)20)12(4)16-17)15-7-6-9-21-10-11(2)3/h11,15H,5-10H2,1-4H3. The van der Waals surface area contributed by atoms with Crippen LogP contribution in [0.5, 0.6) is 0 Å². The van der Waals surface area contributed by atoms with Gasteiger partial charge >= 0.3 is 5.69 Å². The maximum atomic E-state index is 11.2. The molecular formula is C14H26N4O3. The summed E-state index contributed by atoms with van der Waals surface area (Å²) in [6, 6.07) is 0. The summed E-state index contributed by atoms with van der Waals surface area (Å²) in [6.07, 6.45) is 1.69. The highest BCUT2D eigenvalue weighted by molar-refractivity contribution is 5.59. The van der Waals surface area contributed by atoms with Crippen LogP contribution in [0.1, 0.15) is 39.3 Å². The predicted molar refractivity (Wildman–Crippen MR) is 82.7 cm³/mol. The van der Waals surface area contributed by atoms with Crippen LogP contribution in [0.3, 0.4) is 0 Å². The Morgan fingerprint density at radius 3 is 2.76 bits per heavy atom. The molecule has 0 amide bonds. The molecule has 0 unspecified atom stereocenters. The third-order valence-corrected chi connectivity index (χ3v) is 2.92. The molecule has 0 aromatic carbocycles. The number of rotatable bonds is 10. The van der Waals surface area contributed by atoms with Crippen LogP contribution in [0.15, 0.2) is 0 Å². The second kappa shape index (κ2) is 8.61. The molecule has 0 spiro atoms. The van der Waals surface area contributed by atoms with Crippen molar-refractivity contribution < 1.29 is 9.66 Å². The molecule has 1 aromatic rings. The molecule has 0 atom stereocenters. The molecule has 0 fully saturated rings. The average Bonchev–Trinajstić information content (AvgIpc) is 2.70. The van der Waals surface area contributed by atoms with Gasteiger partial charge < -0.3 is 10.1 Å². The lowest BCUT2D eigenvalue weighted by Gasteiger charge is -2.09. The minimum absolute atomic E-state index is 0.0755. The molecule has 0 bridgehead atoms. The molecule has 1 N–H and O–H groups in total. The van der Waals surface area contributed by atoms with Crippen molar-refractivity contribution in [2.24, 2.45) is 5.92 Å². The van der Waals surface area contributed by atoms with Gasteiger partial charge in [0.2, 0.25) is 5.82 Å². The average molecular weight is 298 g/mol. The molecule has 1 aromatic heterocycles. The van der Waals surface area contributed by atoms with Crippen molar-refractivity contribution >= 4 is 11.5 Å². The first-order valence-corrected chi connectivity index (χ1v) is 7.50. The number of anilines is 1. The fourth-order valence-electron chi connectivity index (χ4n) is 2.04. The zero-order valence-electron chi connectivity index (χ0n) is 13.4. The van der Waals surface area contributed by atoms with Crippen LogP contribution in [0.25, 0.3) is 0 Å². The Balaban J connectivity index is 2.58. The van der Waals surface area contributed by atoms with Crippen molar-refractivity contribution in [3.63, 3.8) is 0 Å². The van der Waals surface area contributed by atoms with Gasteiger partial charge in [-0.05, 0) is 25.7 Å². The fourth-order valence-corrected chi connectivity index (χ4v) is 2.04. The van der Waals surface area contributed by atoms with Gasteiger partial charge in [-0.3, -0.25) is 10.1 Å². The molecular weight excluding hydrogens is 272 g/mol. The van der Waals surface area contributed by atoms with Gasteiger partial charge in [0.05, 0.1) is 4.92 Å². The molecule has 0 aliphatic heterocycles. The predicted octanol–water partition coefficient (Wildman–Crippen LogP) is 2.98. The van der Waals surface area contributed by atoms with Crippen molar-refractivity contribution in [3.05, 3.63) is 15.8 Å². The lowest BCUT2D eigenvalue weighted by Crippen LogP contribution is -2.12. The highest BCUT2D eigenvalue weighted by Crippen LogP contribution is 2.28. The number of hydrogen-bond donors (Lipinski definition) is 1. The molecule has 0 aliphatic carbocycles. The Morgan fingerprint density at radius 1 is 1.48 bits per heavy atom. The Bertz CT molecular complexity index is 457. The highest BCUT2D eigenvalue weighted by Gasteiger charge is 2.24. The Hall–Kier alpha value is -1.63. The topological polar surface area (TPSA) is 82.2 Å². The van der Waals surface area contributed by atoms with E-state index in [2.05, 4.69) is 24.3 Å². The van der Waals surface area contributed by atoms with Crippen molar-refractivity contribution in [2.75, 3.05) is 25.1 Å². The summed E-state index contributed by atoms with van der Waals surface area (Å²) >= 11 is 0. The molecule has 0 radical (unpaired) electrons. The first-order chi connectivity index (χ1) is 9.97. The minimum Gasteiger partial charge on any atom is -0.381 e. The molecule has 21 heavy (non-hydrogen) atoms. The van der Waals surface area contributed by atoms with Gasteiger partial charge in [-0.25, -0.2) is 4.68 Å². The minimum atomic E-state index is -0.369. The normalized spacial score (nSPS) is 11.1. The number of nitrogens with zero attached hydrogens (tertiary/aromatic N) is 3. The first kappa shape index (κ1) is 17.4. The summed E-state index contributed by atoms with van der Waals surface area (Å²) in [7, 11) is 0. The van der Waals surface area contributed by atoms with E-state index in [1.165, 1.54) is 0 Å². The summed E-state index contributed by atoms with van der Waals surface area (Å²) in [5, 5.41) is 18.5. The monoisotopic (exact) mass is 298 g/mol. The van der Waals surface area contributed by atoms with Crippen LogP contribution in [0, 0.1) is 23.0 Å². The van der Waals surface area contributed by atoms with Gasteiger partial charge in [0.25, 0.3) is 0 Å². The fraction of sp³-hybridized carbons (Fsp3) is 0.786. The van der Waals surface area contributed by atoms with Crippen molar-refractivity contribution in [2.45, 2.75) is 47.1 Å². The number of nitro groups is 1. The highest BCUT2D eigenvalue weighted by atomic mass is 16.6. The summed E-state index contributed by atoms with van der Waals surface area (Å²) in [5.74, 6) is 1.02. The smallest absolute Gasteiger partial charge is 0.333 e. The largest absolute Gasteiger partial charge is 0.381 e. The molecule has 0 saturated carbocycles. The molecule has 0 saturated heterocycles. The van der Waals surface area contributed by atoms with Crippen LogP contribution in [-0.2, 0) is 11.3 Å². The van der Waals surface area contributed by atoms with E-state index in [1.54, 1.807) is 11.6 Å². The quantitative estimate of drug-likeness (QED) is 0.408. The Labute approximate surface area is 125 Å². The maximum absolute atomic E-state index is 11.2.